The van der Waals surface area contributed by atoms with Crippen molar-refractivity contribution in [1.29, 1.82) is 5.41 Å². The second-order valence-corrected chi connectivity index (χ2v) is 8.63. The van der Waals surface area contributed by atoms with Crippen LogP contribution in [0.25, 0.3) is 0 Å². The predicted molar refractivity (Wildman–Crippen MR) is 134 cm³/mol. The molecular weight excluding hydrogens is 454 g/mol. The number of anilines is 1. The minimum absolute atomic E-state index is 0.0482. The molecule has 10 heteroatoms. The number of fused-ring (bicyclic) bond motifs is 1. The molecule has 0 aliphatic carbocycles. The maximum atomic E-state index is 14.9. The number of benzene rings is 1. The molecule has 0 atom stereocenters. The van der Waals surface area contributed by atoms with Gasteiger partial charge in [0.05, 0.1) is 26.5 Å². The molecule has 1 fully saturated rings. The lowest BCUT2D eigenvalue weighted by atomic mass is 10.0. The molecule has 1 aromatic carbocycles. The standard InChI is InChI=1S/C25H32F2N6O2/c1-4-33-7-5-17(6-8-33)29-13-16(11-28)19-14-31-25-24(32-19)15(12-30-25)9-18-22(26)20(34-2)10-21(35-3)23(18)27/h10-13,17,28-31H,4-9,14H2,1-3H3/b16-13+,28-11?. The average Bonchev–Trinajstić information content (AvgIpc) is 3.29. The van der Waals surface area contributed by atoms with Crippen molar-refractivity contribution in [2.75, 3.05) is 45.7 Å². The fraction of sp³-hybridized carbons (Fsp3) is 0.440. The first-order valence-corrected chi connectivity index (χ1v) is 11.8. The summed E-state index contributed by atoms with van der Waals surface area (Å²) in [7, 11) is 2.65. The van der Waals surface area contributed by atoms with Crippen LogP contribution in [0.15, 0.2) is 29.0 Å². The smallest absolute Gasteiger partial charge is 0.171 e. The Balaban J connectivity index is 1.57. The Labute approximate surface area is 203 Å². The van der Waals surface area contributed by atoms with Gasteiger partial charge in [-0.05, 0) is 19.4 Å². The van der Waals surface area contributed by atoms with E-state index in [0.717, 1.165) is 32.5 Å². The molecule has 0 unspecified atom stereocenters. The Morgan fingerprint density at radius 2 is 1.91 bits per heavy atom. The lowest BCUT2D eigenvalue weighted by Gasteiger charge is -2.31. The Hall–Kier alpha value is -3.40. The topological polar surface area (TPSA) is 97.8 Å². The van der Waals surface area contributed by atoms with Crippen LogP contribution in [-0.4, -0.2) is 68.3 Å². The van der Waals surface area contributed by atoms with Crippen molar-refractivity contribution < 1.29 is 18.3 Å². The number of ether oxygens (including phenoxy) is 2. The van der Waals surface area contributed by atoms with Gasteiger partial charge in [0.15, 0.2) is 23.1 Å². The quantitative estimate of drug-likeness (QED) is 0.402. The van der Waals surface area contributed by atoms with Crippen molar-refractivity contribution in [1.82, 2.24) is 15.2 Å². The van der Waals surface area contributed by atoms with E-state index in [2.05, 4.69) is 27.4 Å². The molecule has 0 saturated carbocycles. The fourth-order valence-electron chi connectivity index (χ4n) is 4.48. The zero-order valence-electron chi connectivity index (χ0n) is 20.3. The van der Waals surface area contributed by atoms with E-state index in [1.807, 2.05) is 6.20 Å². The molecule has 0 radical (unpaired) electrons. The molecule has 2 aliphatic rings. The van der Waals surface area contributed by atoms with Gasteiger partial charge in [-0.1, -0.05) is 6.92 Å². The number of hydrogen-bond donors (Lipinski definition) is 4. The van der Waals surface area contributed by atoms with Gasteiger partial charge in [-0.25, -0.2) is 13.8 Å². The number of nitrogens with one attached hydrogen (secondary N) is 4. The van der Waals surface area contributed by atoms with Crippen LogP contribution in [0.3, 0.4) is 0 Å². The number of halogens is 2. The molecule has 3 heterocycles. The molecule has 4 rings (SSSR count). The Kier molecular flexibility index (Phi) is 7.70. The predicted octanol–water partition coefficient (Wildman–Crippen LogP) is 4.01. The first kappa shape index (κ1) is 24.7. The number of aliphatic imine (C=N–C) groups is 1. The number of aromatic amines is 1. The largest absolute Gasteiger partial charge is 0.494 e. The molecule has 2 aromatic rings. The van der Waals surface area contributed by atoms with Crippen molar-refractivity contribution in [3.05, 3.63) is 46.8 Å². The second-order valence-electron chi connectivity index (χ2n) is 8.63. The summed E-state index contributed by atoms with van der Waals surface area (Å²) < 4.78 is 40.0. The highest BCUT2D eigenvalue weighted by molar-refractivity contribution is 6.19. The third-order valence-corrected chi connectivity index (χ3v) is 6.64. The van der Waals surface area contributed by atoms with Crippen LogP contribution in [0, 0.1) is 17.0 Å². The van der Waals surface area contributed by atoms with Crippen molar-refractivity contribution in [3.63, 3.8) is 0 Å². The molecule has 0 amide bonds. The van der Waals surface area contributed by atoms with E-state index in [9.17, 15) is 8.78 Å². The number of aromatic nitrogens is 1. The summed E-state index contributed by atoms with van der Waals surface area (Å²) in [5.74, 6) is -1.05. The van der Waals surface area contributed by atoms with Crippen molar-refractivity contribution in [2.24, 2.45) is 4.99 Å². The first-order chi connectivity index (χ1) is 17.0. The molecule has 188 valence electrons. The molecule has 0 bridgehead atoms. The molecule has 1 saturated heterocycles. The number of methoxy groups -OCH3 is 2. The number of likely N-dealkylation sites (tertiary alicyclic amines) is 1. The summed E-state index contributed by atoms with van der Waals surface area (Å²) >= 11 is 0. The minimum atomic E-state index is -0.771. The SMILES string of the molecule is CCN1CCC(N/C=C(\C=N)C2=Nc3c(Cc4c(F)c(OC)cc(OC)c4F)c[nH]c3NC2)CC1. The first-order valence-electron chi connectivity index (χ1n) is 11.8. The Morgan fingerprint density at radius 3 is 2.51 bits per heavy atom. The van der Waals surface area contributed by atoms with Crippen molar-refractivity contribution in [2.45, 2.75) is 32.2 Å². The van der Waals surface area contributed by atoms with Gasteiger partial charge in [0, 0.05) is 66.9 Å². The summed E-state index contributed by atoms with van der Waals surface area (Å²) in [5.41, 5.74) is 2.36. The lowest BCUT2D eigenvalue weighted by Crippen LogP contribution is -2.41. The van der Waals surface area contributed by atoms with Crippen LogP contribution in [0.2, 0.25) is 0 Å². The van der Waals surface area contributed by atoms with Crippen LogP contribution < -0.4 is 20.1 Å². The highest BCUT2D eigenvalue weighted by atomic mass is 19.1. The fourth-order valence-corrected chi connectivity index (χ4v) is 4.48. The van der Waals surface area contributed by atoms with E-state index < -0.39 is 11.6 Å². The van der Waals surface area contributed by atoms with E-state index >= 15 is 0 Å². The van der Waals surface area contributed by atoms with Gasteiger partial charge in [-0.2, -0.15) is 0 Å². The highest BCUT2D eigenvalue weighted by Crippen LogP contribution is 2.37. The van der Waals surface area contributed by atoms with Crippen molar-refractivity contribution in [3.8, 4) is 11.5 Å². The highest BCUT2D eigenvalue weighted by Gasteiger charge is 2.24. The summed E-state index contributed by atoms with van der Waals surface area (Å²) in [6.07, 6.45) is 6.86. The number of rotatable bonds is 9. The zero-order chi connectivity index (χ0) is 24.9. The molecular formula is C25H32F2N6O2. The van der Waals surface area contributed by atoms with E-state index in [1.165, 1.54) is 26.5 Å². The third-order valence-electron chi connectivity index (χ3n) is 6.64. The Bertz CT molecular complexity index is 1110. The van der Waals surface area contributed by atoms with Crippen LogP contribution in [-0.2, 0) is 6.42 Å². The van der Waals surface area contributed by atoms with E-state index in [1.54, 1.807) is 6.20 Å². The van der Waals surface area contributed by atoms with Gasteiger partial charge in [-0.15, -0.1) is 0 Å². The minimum Gasteiger partial charge on any atom is -0.494 e. The van der Waals surface area contributed by atoms with Gasteiger partial charge in [0.2, 0.25) is 0 Å². The lowest BCUT2D eigenvalue weighted by molar-refractivity contribution is 0.213. The van der Waals surface area contributed by atoms with Crippen LogP contribution in [0.4, 0.5) is 20.3 Å². The summed E-state index contributed by atoms with van der Waals surface area (Å²) in [5, 5.41) is 14.6. The van der Waals surface area contributed by atoms with Crippen LogP contribution in [0.5, 0.6) is 11.5 Å². The van der Waals surface area contributed by atoms with E-state index in [0.29, 0.717) is 40.9 Å². The molecule has 35 heavy (non-hydrogen) atoms. The number of hydrogen-bond acceptors (Lipinski definition) is 7. The van der Waals surface area contributed by atoms with E-state index in [4.69, 9.17) is 19.9 Å². The van der Waals surface area contributed by atoms with Crippen molar-refractivity contribution >= 4 is 23.4 Å². The number of H-pyrrole nitrogens is 1. The van der Waals surface area contributed by atoms with E-state index in [-0.39, 0.29) is 23.5 Å². The maximum absolute atomic E-state index is 14.9. The van der Waals surface area contributed by atoms with Gasteiger partial charge >= 0.3 is 0 Å². The van der Waals surface area contributed by atoms with Gasteiger partial charge < -0.3 is 35.4 Å². The summed E-state index contributed by atoms with van der Waals surface area (Å²) in [4.78, 5) is 10.3. The van der Waals surface area contributed by atoms with Gasteiger partial charge in [0.25, 0.3) is 0 Å². The van der Waals surface area contributed by atoms with Crippen LogP contribution >= 0.6 is 0 Å². The summed E-state index contributed by atoms with van der Waals surface area (Å²) in [6, 6.07) is 1.55. The van der Waals surface area contributed by atoms with Gasteiger partial charge in [0.1, 0.15) is 11.5 Å². The Morgan fingerprint density at radius 1 is 1.23 bits per heavy atom. The van der Waals surface area contributed by atoms with Gasteiger partial charge in [-0.3, -0.25) is 0 Å². The molecule has 2 aliphatic heterocycles. The summed E-state index contributed by atoms with van der Waals surface area (Å²) in [6.45, 7) is 5.78. The third kappa shape index (κ3) is 5.17. The normalized spacial score (nSPS) is 16.8. The average molecular weight is 487 g/mol. The number of nitrogens with zero attached hydrogens (tertiary/aromatic N) is 2. The molecule has 4 N–H and O–H groups in total. The maximum Gasteiger partial charge on any atom is 0.171 e. The molecule has 0 spiro atoms. The number of piperidine rings is 1. The monoisotopic (exact) mass is 486 g/mol. The second kappa shape index (κ2) is 10.9. The zero-order valence-corrected chi connectivity index (χ0v) is 20.3. The molecule has 1 aromatic heterocycles. The van der Waals surface area contributed by atoms with Crippen LogP contribution in [0.1, 0.15) is 30.9 Å². The molecule has 8 nitrogen and oxygen atoms in total.